The van der Waals surface area contributed by atoms with Crippen molar-refractivity contribution in [2.75, 3.05) is 31.5 Å². The number of nitrogens with zero attached hydrogens (tertiary/aromatic N) is 4. The van der Waals surface area contributed by atoms with Gasteiger partial charge in [0.15, 0.2) is 0 Å². The first-order valence-corrected chi connectivity index (χ1v) is 10.6. The Morgan fingerprint density at radius 2 is 1.77 bits per heavy atom. The first-order valence-electron chi connectivity index (χ1n) is 9.81. The molecular formula is C22H23N5O2S. The number of aryl methyl sites for hydroxylation is 1. The number of rotatable bonds is 4. The summed E-state index contributed by atoms with van der Waals surface area (Å²) in [5, 5.41) is 3.22. The average molecular weight is 422 g/mol. The summed E-state index contributed by atoms with van der Waals surface area (Å²) in [6.07, 6.45) is 1.76. The highest BCUT2D eigenvalue weighted by Gasteiger charge is 2.24. The van der Waals surface area contributed by atoms with E-state index in [-0.39, 0.29) is 11.8 Å². The predicted molar refractivity (Wildman–Crippen MR) is 118 cm³/mol. The number of pyridine rings is 2. The molecule has 1 N–H and O–H groups in total. The zero-order chi connectivity index (χ0) is 21.1. The van der Waals surface area contributed by atoms with E-state index < -0.39 is 0 Å². The number of carbonyl (C=O) groups is 2. The van der Waals surface area contributed by atoms with E-state index in [2.05, 4.69) is 15.3 Å². The average Bonchev–Trinajstić information content (AvgIpc) is 3.24. The molecule has 3 aromatic heterocycles. The zero-order valence-electron chi connectivity index (χ0n) is 17.0. The fourth-order valence-corrected chi connectivity index (χ4v) is 4.29. The van der Waals surface area contributed by atoms with Gasteiger partial charge in [-0.05, 0) is 48.9 Å². The van der Waals surface area contributed by atoms with Gasteiger partial charge in [0.1, 0.15) is 11.6 Å². The number of hydrogen-bond acceptors (Lipinski definition) is 6. The van der Waals surface area contributed by atoms with Crippen LogP contribution in [0.1, 0.15) is 22.2 Å². The van der Waals surface area contributed by atoms with Gasteiger partial charge in [0, 0.05) is 39.3 Å². The Hall–Kier alpha value is -3.26. The second kappa shape index (κ2) is 8.62. The summed E-state index contributed by atoms with van der Waals surface area (Å²) in [6, 6.07) is 13.4. The Balaban J connectivity index is 1.46. The quantitative estimate of drug-likeness (QED) is 0.697. The molecule has 0 atom stereocenters. The highest BCUT2D eigenvalue weighted by molar-refractivity contribution is 7.17. The molecule has 0 aliphatic carbocycles. The van der Waals surface area contributed by atoms with Gasteiger partial charge in [0.25, 0.3) is 5.91 Å². The van der Waals surface area contributed by atoms with Crippen molar-refractivity contribution in [3.8, 4) is 10.6 Å². The first kappa shape index (κ1) is 20.0. The molecule has 1 fully saturated rings. The Bertz CT molecular complexity index is 1070. The number of carbonyl (C=O) groups excluding carboxylic acids is 2. The molecule has 8 heteroatoms. The van der Waals surface area contributed by atoms with Crippen molar-refractivity contribution < 1.29 is 9.59 Å². The van der Waals surface area contributed by atoms with Crippen LogP contribution >= 0.6 is 11.3 Å². The van der Waals surface area contributed by atoms with E-state index in [1.54, 1.807) is 18.0 Å². The Labute approximate surface area is 179 Å². The lowest BCUT2D eigenvalue weighted by Crippen LogP contribution is -2.49. The topological polar surface area (TPSA) is 78.4 Å². The van der Waals surface area contributed by atoms with Crippen molar-refractivity contribution in [3.63, 3.8) is 0 Å². The molecule has 4 heterocycles. The van der Waals surface area contributed by atoms with E-state index in [4.69, 9.17) is 0 Å². The van der Waals surface area contributed by atoms with Gasteiger partial charge in [-0.25, -0.2) is 9.97 Å². The van der Waals surface area contributed by atoms with Gasteiger partial charge in [-0.3, -0.25) is 9.59 Å². The van der Waals surface area contributed by atoms with Crippen LogP contribution in [0.2, 0.25) is 0 Å². The van der Waals surface area contributed by atoms with Crippen LogP contribution in [-0.2, 0) is 4.79 Å². The maximum Gasteiger partial charge on any atom is 0.264 e. The smallest absolute Gasteiger partial charge is 0.264 e. The standard InChI is InChI=1S/C22H23N5O2S/c1-15-8-9-23-21(14-15)25-20-5-3-4-17(24-20)18-6-7-19(30-18)22(29)27-12-10-26(11-13-27)16(2)28/h3-9,14H,10-13H2,1-2H3,(H,23,24,25). The third-order valence-corrected chi connectivity index (χ3v) is 6.10. The highest BCUT2D eigenvalue weighted by atomic mass is 32.1. The van der Waals surface area contributed by atoms with Crippen LogP contribution in [0.3, 0.4) is 0 Å². The Morgan fingerprint density at radius 3 is 2.50 bits per heavy atom. The molecule has 0 aromatic carbocycles. The van der Waals surface area contributed by atoms with Crippen molar-refractivity contribution in [3.05, 3.63) is 59.1 Å². The maximum atomic E-state index is 12.9. The van der Waals surface area contributed by atoms with Crippen LogP contribution < -0.4 is 5.32 Å². The summed E-state index contributed by atoms with van der Waals surface area (Å²) < 4.78 is 0. The van der Waals surface area contributed by atoms with Crippen molar-refractivity contribution in [1.29, 1.82) is 0 Å². The molecule has 1 aliphatic rings. The summed E-state index contributed by atoms with van der Waals surface area (Å²) in [6.45, 7) is 5.87. The number of amides is 2. The van der Waals surface area contributed by atoms with Gasteiger partial charge in [0.2, 0.25) is 5.91 Å². The second-order valence-electron chi connectivity index (χ2n) is 7.21. The number of nitrogens with one attached hydrogen (secondary N) is 1. The molecule has 0 radical (unpaired) electrons. The minimum absolute atomic E-state index is 0.00712. The number of hydrogen-bond donors (Lipinski definition) is 1. The van der Waals surface area contributed by atoms with Crippen LogP contribution in [0.15, 0.2) is 48.7 Å². The lowest BCUT2D eigenvalue weighted by Gasteiger charge is -2.33. The lowest BCUT2D eigenvalue weighted by atomic mass is 10.2. The molecular weight excluding hydrogens is 398 g/mol. The van der Waals surface area contributed by atoms with Crippen molar-refractivity contribution in [2.24, 2.45) is 0 Å². The van der Waals surface area contributed by atoms with Crippen LogP contribution in [0, 0.1) is 6.92 Å². The van der Waals surface area contributed by atoms with E-state index in [1.807, 2.05) is 54.3 Å². The lowest BCUT2D eigenvalue weighted by molar-refractivity contribution is -0.130. The monoisotopic (exact) mass is 421 g/mol. The first-order chi connectivity index (χ1) is 14.5. The predicted octanol–water partition coefficient (Wildman–Crippen LogP) is 3.56. The summed E-state index contributed by atoms with van der Waals surface area (Å²) >= 11 is 1.43. The molecule has 1 saturated heterocycles. The van der Waals surface area contributed by atoms with Crippen molar-refractivity contribution >= 4 is 34.8 Å². The molecule has 3 aromatic rings. The van der Waals surface area contributed by atoms with E-state index in [9.17, 15) is 9.59 Å². The van der Waals surface area contributed by atoms with Gasteiger partial charge in [-0.1, -0.05) is 6.07 Å². The summed E-state index contributed by atoms with van der Waals surface area (Å²) in [7, 11) is 0. The number of thiophene rings is 1. The molecule has 2 amide bonds. The minimum atomic E-state index is 0.00712. The molecule has 154 valence electrons. The van der Waals surface area contributed by atoms with Gasteiger partial charge in [-0.2, -0.15) is 0 Å². The van der Waals surface area contributed by atoms with Crippen molar-refractivity contribution in [2.45, 2.75) is 13.8 Å². The molecule has 0 bridgehead atoms. The van der Waals surface area contributed by atoms with E-state index in [0.29, 0.717) is 36.9 Å². The number of aromatic nitrogens is 2. The fourth-order valence-electron chi connectivity index (χ4n) is 3.35. The van der Waals surface area contributed by atoms with Crippen LogP contribution in [0.25, 0.3) is 10.6 Å². The molecule has 7 nitrogen and oxygen atoms in total. The normalized spacial score (nSPS) is 13.9. The third kappa shape index (κ3) is 4.49. The van der Waals surface area contributed by atoms with Crippen LogP contribution in [0.5, 0.6) is 0 Å². The third-order valence-electron chi connectivity index (χ3n) is 5.00. The maximum absolute atomic E-state index is 12.9. The van der Waals surface area contributed by atoms with Gasteiger partial charge in [-0.15, -0.1) is 11.3 Å². The zero-order valence-corrected chi connectivity index (χ0v) is 17.8. The number of piperazine rings is 1. The highest BCUT2D eigenvalue weighted by Crippen LogP contribution is 2.29. The SMILES string of the molecule is CC(=O)N1CCN(C(=O)c2ccc(-c3cccc(Nc4cc(C)ccn4)n3)s2)CC1. The van der Waals surface area contributed by atoms with Crippen molar-refractivity contribution in [1.82, 2.24) is 19.8 Å². The molecule has 0 spiro atoms. The van der Waals surface area contributed by atoms with Crippen LogP contribution in [-0.4, -0.2) is 57.8 Å². The van der Waals surface area contributed by atoms with E-state index >= 15 is 0 Å². The van der Waals surface area contributed by atoms with Gasteiger partial charge in [0.05, 0.1) is 15.4 Å². The summed E-state index contributed by atoms with van der Waals surface area (Å²) in [5.41, 5.74) is 1.92. The van der Waals surface area contributed by atoms with Gasteiger partial charge < -0.3 is 15.1 Å². The van der Waals surface area contributed by atoms with E-state index in [0.717, 1.165) is 22.0 Å². The molecule has 30 heavy (non-hydrogen) atoms. The number of anilines is 2. The second-order valence-corrected chi connectivity index (χ2v) is 8.30. The summed E-state index contributed by atoms with van der Waals surface area (Å²) in [4.78, 5) is 38.5. The largest absolute Gasteiger partial charge is 0.339 e. The molecule has 1 aliphatic heterocycles. The minimum Gasteiger partial charge on any atom is -0.339 e. The molecule has 0 unspecified atom stereocenters. The van der Waals surface area contributed by atoms with Crippen LogP contribution in [0.4, 0.5) is 11.6 Å². The Kier molecular flexibility index (Phi) is 5.76. The summed E-state index contributed by atoms with van der Waals surface area (Å²) in [5.74, 6) is 1.51. The fraction of sp³-hybridized carbons (Fsp3) is 0.273. The van der Waals surface area contributed by atoms with E-state index in [1.165, 1.54) is 11.3 Å². The Morgan fingerprint density at radius 1 is 1.00 bits per heavy atom. The molecule has 4 rings (SSSR count). The van der Waals surface area contributed by atoms with Gasteiger partial charge >= 0.3 is 0 Å². The molecule has 0 saturated carbocycles.